The van der Waals surface area contributed by atoms with Crippen molar-refractivity contribution in [3.05, 3.63) is 29.0 Å². The first-order valence-electron chi connectivity index (χ1n) is 7.72. The van der Waals surface area contributed by atoms with Gasteiger partial charge in [0.25, 0.3) is 0 Å². The number of halogens is 2. The highest BCUT2D eigenvalue weighted by Gasteiger charge is 2.61. The molecule has 2 saturated heterocycles. The summed E-state index contributed by atoms with van der Waals surface area (Å²) in [7, 11) is 0. The van der Waals surface area contributed by atoms with Crippen LogP contribution in [0.15, 0.2) is 18.2 Å². The van der Waals surface area contributed by atoms with Gasteiger partial charge in [-0.15, -0.1) is 0 Å². The van der Waals surface area contributed by atoms with E-state index in [0.29, 0.717) is 30.8 Å². The summed E-state index contributed by atoms with van der Waals surface area (Å²) in [6.45, 7) is 3.98. The van der Waals surface area contributed by atoms with Crippen molar-refractivity contribution >= 4 is 41.0 Å². The van der Waals surface area contributed by atoms with Crippen molar-refractivity contribution in [2.45, 2.75) is 31.9 Å². The molecule has 0 amide bonds. The second-order valence-electron chi connectivity index (χ2n) is 5.69. The average Bonchev–Trinajstić information content (AvgIpc) is 2.93. The van der Waals surface area contributed by atoms with Crippen LogP contribution in [-0.4, -0.2) is 29.5 Å². The Morgan fingerprint density at radius 1 is 1.25 bits per heavy atom. The quantitative estimate of drug-likeness (QED) is 0.596. The summed E-state index contributed by atoms with van der Waals surface area (Å²) in [5.74, 6) is -1.14. The van der Waals surface area contributed by atoms with Crippen LogP contribution in [0.1, 0.15) is 26.7 Å². The number of thioether (sulfide) groups is 1. The average molecular weight is 374 g/mol. The number of nitrogens with zero attached hydrogens (tertiary/aromatic N) is 1. The summed E-state index contributed by atoms with van der Waals surface area (Å²) in [4.78, 5) is 26.8. The van der Waals surface area contributed by atoms with E-state index in [0.717, 1.165) is 0 Å². The molecule has 0 aliphatic carbocycles. The van der Waals surface area contributed by atoms with Gasteiger partial charge in [0.1, 0.15) is 5.82 Å². The Kier molecular flexibility index (Phi) is 4.42. The Balaban J connectivity index is 1.97. The standard InChI is InChI=1S/C16H17ClFNO4S/c1-3-15(4-2)13(20)22-16(23-14(15)21)19(7-8-24-16)10-5-6-12(18)11(17)9-10/h5-6,9H,3-4,7-8H2,1-2H3. The number of benzene rings is 1. The molecule has 1 aromatic rings. The number of carbonyl (C=O) groups is 2. The van der Waals surface area contributed by atoms with Crippen LogP contribution in [0.5, 0.6) is 0 Å². The fourth-order valence-electron chi connectivity index (χ4n) is 2.95. The van der Waals surface area contributed by atoms with Crippen LogP contribution in [0.2, 0.25) is 5.02 Å². The SMILES string of the molecule is CCC1(CC)C(=O)OC2(OC1=O)SCCN2c1ccc(F)c(Cl)c1. The summed E-state index contributed by atoms with van der Waals surface area (Å²) in [5, 5.41) is -1.60. The fraction of sp³-hybridized carbons (Fsp3) is 0.500. The van der Waals surface area contributed by atoms with Crippen molar-refractivity contribution in [3.63, 3.8) is 0 Å². The van der Waals surface area contributed by atoms with Crippen LogP contribution in [0.4, 0.5) is 10.1 Å². The van der Waals surface area contributed by atoms with Gasteiger partial charge in [-0.1, -0.05) is 25.4 Å². The van der Waals surface area contributed by atoms with Gasteiger partial charge in [-0.25, -0.2) is 4.39 Å². The largest absolute Gasteiger partial charge is 0.397 e. The minimum atomic E-state index is -1.55. The van der Waals surface area contributed by atoms with Crippen molar-refractivity contribution in [2.24, 2.45) is 5.41 Å². The van der Waals surface area contributed by atoms with E-state index < -0.39 is 28.4 Å². The van der Waals surface area contributed by atoms with E-state index in [1.165, 1.54) is 30.0 Å². The predicted octanol–water partition coefficient (Wildman–Crippen LogP) is 3.55. The zero-order valence-electron chi connectivity index (χ0n) is 13.3. The van der Waals surface area contributed by atoms with Crippen LogP contribution in [0.3, 0.4) is 0 Å². The minimum absolute atomic E-state index is 0.0514. The molecule has 130 valence electrons. The Labute approximate surface area is 148 Å². The molecule has 0 atom stereocenters. The van der Waals surface area contributed by atoms with E-state index in [9.17, 15) is 14.0 Å². The lowest BCUT2D eigenvalue weighted by atomic mass is 9.82. The van der Waals surface area contributed by atoms with E-state index in [4.69, 9.17) is 21.1 Å². The molecular formula is C16H17ClFNO4S. The Hall–Kier alpha value is -1.47. The van der Waals surface area contributed by atoms with Crippen molar-refractivity contribution in [1.82, 2.24) is 0 Å². The molecule has 0 unspecified atom stereocenters. The molecule has 8 heteroatoms. The van der Waals surface area contributed by atoms with Gasteiger partial charge in [-0.05, 0) is 42.8 Å². The lowest BCUT2D eigenvalue weighted by Crippen LogP contribution is -2.59. The van der Waals surface area contributed by atoms with Crippen molar-refractivity contribution in [3.8, 4) is 0 Å². The van der Waals surface area contributed by atoms with Gasteiger partial charge >= 0.3 is 17.2 Å². The molecule has 0 radical (unpaired) electrons. The van der Waals surface area contributed by atoms with Crippen LogP contribution in [-0.2, 0) is 19.1 Å². The Bertz CT molecular complexity index is 675. The van der Waals surface area contributed by atoms with E-state index in [1.807, 2.05) is 0 Å². The van der Waals surface area contributed by atoms with Crippen molar-refractivity contribution in [1.29, 1.82) is 0 Å². The lowest BCUT2D eigenvalue weighted by molar-refractivity contribution is -0.232. The maximum Gasteiger partial charge on any atom is 0.397 e. The number of rotatable bonds is 3. The van der Waals surface area contributed by atoms with Crippen molar-refractivity contribution < 1.29 is 23.5 Å². The third kappa shape index (κ3) is 2.45. The normalized spacial score (nSPS) is 21.8. The first-order chi connectivity index (χ1) is 11.4. The molecule has 3 rings (SSSR count). The zero-order chi connectivity index (χ0) is 17.5. The lowest BCUT2D eigenvalue weighted by Gasteiger charge is -2.44. The Morgan fingerprint density at radius 3 is 2.42 bits per heavy atom. The highest BCUT2D eigenvalue weighted by molar-refractivity contribution is 8.00. The van der Waals surface area contributed by atoms with Gasteiger partial charge in [0.2, 0.25) is 0 Å². The molecule has 2 aliphatic rings. The maximum atomic E-state index is 13.4. The third-order valence-corrected chi connectivity index (χ3v) is 6.00. The van der Waals surface area contributed by atoms with Crippen molar-refractivity contribution in [2.75, 3.05) is 17.2 Å². The van der Waals surface area contributed by atoms with Gasteiger partial charge in [-0.2, -0.15) is 0 Å². The number of carbonyl (C=O) groups excluding carboxylic acids is 2. The minimum Gasteiger partial charge on any atom is -0.394 e. The maximum absolute atomic E-state index is 13.4. The monoisotopic (exact) mass is 373 g/mol. The van der Waals surface area contributed by atoms with E-state index in [2.05, 4.69) is 0 Å². The highest BCUT2D eigenvalue weighted by Crippen LogP contribution is 2.48. The highest BCUT2D eigenvalue weighted by atomic mass is 35.5. The number of hydrogen-bond acceptors (Lipinski definition) is 6. The van der Waals surface area contributed by atoms with Crippen LogP contribution in [0, 0.1) is 11.2 Å². The molecular weight excluding hydrogens is 357 g/mol. The second kappa shape index (κ2) is 6.11. The molecule has 0 N–H and O–H groups in total. The van der Waals surface area contributed by atoms with Gasteiger partial charge in [0, 0.05) is 18.0 Å². The number of hydrogen-bond donors (Lipinski definition) is 0. The summed E-state index contributed by atoms with van der Waals surface area (Å²) in [5.41, 5.74) is -0.743. The molecule has 5 nitrogen and oxygen atoms in total. The smallest absolute Gasteiger partial charge is 0.394 e. The molecule has 0 saturated carbocycles. The van der Waals surface area contributed by atoms with E-state index in [-0.39, 0.29) is 5.02 Å². The Morgan fingerprint density at radius 2 is 1.88 bits per heavy atom. The van der Waals surface area contributed by atoms with E-state index in [1.54, 1.807) is 18.7 Å². The molecule has 0 bridgehead atoms. The van der Waals surface area contributed by atoms with Crippen LogP contribution >= 0.6 is 23.4 Å². The first-order valence-corrected chi connectivity index (χ1v) is 9.08. The topological polar surface area (TPSA) is 55.8 Å². The van der Waals surface area contributed by atoms with Crippen LogP contribution in [0.25, 0.3) is 0 Å². The van der Waals surface area contributed by atoms with Gasteiger partial charge in [0.05, 0.1) is 5.02 Å². The summed E-state index contributed by atoms with van der Waals surface area (Å²) < 4.78 is 24.6. The second-order valence-corrected chi connectivity index (χ2v) is 7.31. The molecule has 24 heavy (non-hydrogen) atoms. The van der Waals surface area contributed by atoms with Gasteiger partial charge in [-0.3, -0.25) is 14.5 Å². The summed E-state index contributed by atoms with van der Waals surface area (Å²) in [6.07, 6.45) is 0.620. The van der Waals surface area contributed by atoms with E-state index >= 15 is 0 Å². The number of anilines is 1. The molecule has 1 spiro atoms. The number of ether oxygens (including phenoxy) is 2. The van der Waals surface area contributed by atoms with Gasteiger partial charge in [0.15, 0.2) is 5.41 Å². The molecule has 2 aliphatic heterocycles. The third-order valence-electron chi connectivity index (χ3n) is 4.58. The fourth-order valence-corrected chi connectivity index (χ4v) is 4.28. The molecule has 2 heterocycles. The molecule has 2 fully saturated rings. The number of esters is 2. The molecule has 0 aromatic heterocycles. The predicted molar refractivity (Wildman–Crippen MR) is 89.1 cm³/mol. The van der Waals surface area contributed by atoms with Gasteiger partial charge < -0.3 is 9.47 Å². The molecule has 1 aromatic carbocycles. The first kappa shape index (κ1) is 17.4. The summed E-state index contributed by atoms with van der Waals surface area (Å²) >= 11 is 7.05. The zero-order valence-corrected chi connectivity index (χ0v) is 14.9. The van der Waals surface area contributed by atoms with Crippen LogP contribution < -0.4 is 4.90 Å². The summed E-state index contributed by atoms with van der Waals surface area (Å²) in [6, 6.07) is 4.16.